The molecule has 0 N–H and O–H groups in total. The molecular formula is C9H20N2. The second-order valence-electron chi connectivity index (χ2n) is 2.90. The van der Waals surface area contributed by atoms with Gasteiger partial charge in [0.1, 0.15) is 0 Å². The molecule has 0 aliphatic heterocycles. The third-order valence-corrected chi connectivity index (χ3v) is 1.77. The van der Waals surface area contributed by atoms with Gasteiger partial charge in [-0.3, -0.25) is 4.99 Å². The summed E-state index contributed by atoms with van der Waals surface area (Å²) >= 11 is 0. The maximum atomic E-state index is 4.36. The fourth-order valence-electron chi connectivity index (χ4n) is 1.29. The fraction of sp³-hybridized carbons (Fsp3) is 0.889. The fourth-order valence-corrected chi connectivity index (χ4v) is 1.29. The van der Waals surface area contributed by atoms with E-state index >= 15 is 0 Å². The van der Waals surface area contributed by atoms with E-state index in [0.29, 0.717) is 6.04 Å². The van der Waals surface area contributed by atoms with Crippen molar-refractivity contribution in [3.05, 3.63) is 0 Å². The lowest BCUT2D eigenvalue weighted by Crippen LogP contribution is -2.35. The van der Waals surface area contributed by atoms with Gasteiger partial charge in [0.25, 0.3) is 0 Å². The minimum absolute atomic E-state index is 0.565. The molecule has 2 heteroatoms. The molecule has 0 aliphatic rings. The van der Waals surface area contributed by atoms with E-state index in [2.05, 4.69) is 44.5 Å². The quantitative estimate of drug-likeness (QED) is 0.451. The highest BCUT2D eigenvalue weighted by atomic mass is 15.2. The predicted octanol–water partition coefficient (Wildman–Crippen LogP) is 2.16. The van der Waals surface area contributed by atoms with Crippen molar-refractivity contribution >= 4 is 5.84 Å². The summed E-state index contributed by atoms with van der Waals surface area (Å²) in [6.45, 7) is 12.6. The van der Waals surface area contributed by atoms with Crippen LogP contribution in [0.5, 0.6) is 0 Å². The maximum absolute atomic E-state index is 4.36. The van der Waals surface area contributed by atoms with Gasteiger partial charge in [0.05, 0.1) is 5.84 Å². The third-order valence-electron chi connectivity index (χ3n) is 1.77. The first-order valence-corrected chi connectivity index (χ1v) is 4.41. The first-order valence-electron chi connectivity index (χ1n) is 4.41. The van der Waals surface area contributed by atoms with Crippen LogP contribution in [0.3, 0.4) is 0 Å². The van der Waals surface area contributed by atoms with E-state index in [1.807, 2.05) is 0 Å². The molecule has 0 aromatic rings. The molecular weight excluding hydrogens is 136 g/mol. The van der Waals surface area contributed by atoms with Crippen molar-refractivity contribution in [2.75, 3.05) is 13.1 Å². The smallest absolute Gasteiger partial charge is 0.0959 e. The van der Waals surface area contributed by atoms with Gasteiger partial charge in [-0.05, 0) is 34.6 Å². The second-order valence-corrected chi connectivity index (χ2v) is 2.90. The Hall–Kier alpha value is -0.530. The van der Waals surface area contributed by atoms with E-state index in [9.17, 15) is 0 Å². The first kappa shape index (κ1) is 10.5. The van der Waals surface area contributed by atoms with E-state index in [1.54, 1.807) is 0 Å². The second kappa shape index (κ2) is 5.16. The number of amidine groups is 1. The maximum Gasteiger partial charge on any atom is 0.0959 e. The van der Waals surface area contributed by atoms with Gasteiger partial charge in [0, 0.05) is 19.1 Å². The lowest BCUT2D eigenvalue weighted by atomic mass is 10.3. The number of aliphatic imine (C=N–C) groups is 1. The summed E-state index contributed by atoms with van der Waals surface area (Å²) in [7, 11) is 0. The molecule has 0 aromatic heterocycles. The van der Waals surface area contributed by atoms with Crippen molar-refractivity contribution in [2.24, 2.45) is 4.99 Å². The van der Waals surface area contributed by atoms with E-state index in [4.69, 9.17) is 0 Å². The van der Waals surface area contributed by atoms with Crippen molar-refractivity contribution in [1.29, 1.82) is 0 Å². The van der Waals surface area contributed by atoms with Crippen molar-refractivity contribution < 1.29 is 0 Å². The van der Waals surface area contributed by atoms with Crippen LogP contribution in [0.4, 0.5) is 0 Å². The summed E-state index contributed by atoms with van der Waals surface area (Å²) in [5.74, 6) is 1.16. The van der Waals surface area contributed by atoms with Crippen LogP contribution in [-0.4, -0.2) is 29.9 Å². The van der Waals surface area contributed by atoms with Crippen LogP contribution < -0.4 is 0 Å². The molecule has 11 heavy (non-hydrogen) atoms. The van der Waals surface area contributed by atoms with Gasteiger partial charge in [0.2, 0.25) is 0 Å². The molecule has 0 amide bonds. The van der Waals surface area contributed by atoms with Crippen LogP contribution in [0.1, 0.15) is 34.6 Å². The average molecular weight is 156 g/mol. The average Bonchev–Trinajstić information content (AvgIpc) is 1.88. The molecule has 0 aromatic carbocycles. The zero-order valence-corrected chi connectivity index (χ0v) is 8.39. The van der Waals surface area contributed by atoms with Gasteiger partial charge >= 0.3 is 0 Å². The van der Waals surface area contributed by atoms with E-state index < -0.39 is 0 Å². The summed E-state index contributed by atoms with van der Waals surface area (Å²) in [6, 6.07) is 0.565. The first-order chi connectivity index (χ1) is 5.13. The monoisotopic (exact) mass is 156 g/mol. The normalized spacial score (nSPS) is 12.4. The third kappa shape index (κ3) is 3.40. The molecule has 66 valence electrons. The van der Waals surface area contributed by atoms with Crippen LogP contribution in [0, 0.1) is 0 Å². The Morgan fingerprint density at radius 3 is 2.18 bits per heavy atom. The SMILES string of the molecule is CCN=C(C)N(CC)C(C)C. The number of rotatable bonds is 3. The van der Waals surface area contributed by atoms with Crippen LogP contribution in [-0.2, 0) is 0 Å². The minimum atomic E-state index is 0.565. The number of hydrogen-bond donors (Lipinski definition) is 0. The topological polar surface area (TPSA) is 15.6 Å². The minimum Gasteiger partial charge on any atom is -0.358 e. The summed E-state index contributed by atoms with van der Waals surface area (Å²) in [5.41, 5.74) is 0. The standard InChI is InChI=1S/C9H20N2/c1-6-10-9(5)11(7-2)8(3)4/h8H,6-7H2,1-5H3. The molecule has 0 saturated heterocycles. The summed E-state index contributed by atoms with van der Waals surface area (Å²) < 4.78 is 0. The number of nitrogens with zero attached hydrogens (tertiary/aromatic N) is 2. The Morgan fingerprint density at radius 2 is 1.91 bits per heavy atom. The Labute approximate surface area is 70.3 Å². The van der Waals surface area contributed by atoms with E-state index in [0.717, 1.165) is 18.9 Å². The van der Waals surface area contributed by atoms with Gasteiger partial charge < -0.3 is 4.90 Å². The van der Waals surface area contributed by atoms with E-state index in [-0.39, 0.29) is 0 Å². The largest absolute Gasteiger partial charge is 0.358 e. The van der Waals surface area contributed by atoms with Gasteiger partial charge in [-0.15, -0.1) is 0 Å². The molecule has 0 radical (unpaired) electrons. The Morgan fingerprint density at radius 1 is 1.36 bits per heavy atom. The van der Waals surface area contributed by atoms with Crippen LogP contribution in [0.15, 0.2) is 4.99 Å². The molecule has 0 fully saturated rings. The predicted molar refractivity (Wildman–Crippen MR) is 51.2 cm³/mol. The molecule has 0 bridgehead atoms. The van der Waals surface area contributed by atoms with Crippen molar-refractivity contribution in [3.8, 4) is 0 Å². The van der Waals surface area contributed by atoms with Gasteiger partial charge in [-0.1, -0.05) is 0 Å². The molecule has 0 heterocycles. The summed E-state index contributed by atoms with van der Waals surface area (Å²) in [6.07, 6.45) is 0. The molecule has 0 saturated carbocycles. The Kier molecular flexibility index (Phi) is 4.92. The molecule has 0 spiro atoms. The molecule has 0 unspecified atom stereocenters. The van der Waals surface area contributed by atoms with Gasteiger partial charge in [0.15, 0.2) is 0 Å². The lowest BCUT2D eigenvalue weighted by molar-refractivity contribution is 0.364. The van der Waals surface area contributed by atoms with Crippen LogP contribution >= 0.6 is 0 Å². The highest BCUT2D eigenvalue weighted by Crippen LogP contribution is 1.99. The highest BCUT2D eigenvalue weighted by Gasteiger charge is 2.06. The number of hydrogen-bond acceptors (Lipinski definition) is 1. The van der Waals surface area contributed by atoms with Crippen molar-refractivity contribution in [3.63, 3.8) is 0 Å². The summed E-state index contributed by atoms with van der Waals surface area (Å²) in [4.78, 5) is 6.65. The van der Waals surface area contributed by atoms with Crippen molar-refractivity contribution in [1.82, 2.24) is 4.90 Å². The van der Waals surface area contributed by atoms with Gasteiger partial charge in [-0.25, -0.2) is 0 Å². The highest BCUT2D eigenvalue weighted by molar-refractivity contribution is 5.79. The Bertz CT molecular complexity index is 128. The van der Waals surface area contributed by atoms with Gasteiger partial charge in [-0.2, -0.15) is 0 Å². The zero-order valence-electron chi connectivity index (χ0n) is 8.39. The molecule has 0 rings (SSSR count). The van der Waals surface area contributed by atoms with Crippen molar-refractivity contribution in [2.45, 2.75) is 40.7 Å². The summed E-state index contributed by atoms with van der Waals surface area (Å²) in [5, 5.41) is 0. The van der Waals surface area contributed by atoms with Crippen LogP contribution in [0.2, 0.25) is 0 Å². The molecule has 0 aliphatic carbocycles. The zero-order chi connectivity index (χ0) is 8.85. The molecule has 2 nitrogen and oxygen atoms in total. The lowest BCUT2D eigenvalue weighted by Gasteiger charge is -2.26. The van der Waals surface area contributed by atoms with E-state index in [1.165, 1.54) is 0 Å². The molecule has 0 atom stereocenters. The van der Waals surface area contributed by atoms with Crippen LogP contribution in [0.25, 0.3) is 0 Å². The Balaban J connectivity index is 4.13.